The zero-order valence-corrected chi connectivity index (χ0v) is 19.7. The van der Waals surface area contributed by atoms with Crippen LogP contribution in [0.5, 0.6) is 5.75 Å². The van der Waals surface area contributed by atoms with Gasteiger partial charge in [-0.3, -0.25) is 9.79 Å². The topological polar surface area (TPSA) is 87.9 Å². The molecule has 2 rings (SSSR count). The predicted molar refractivity (Wildman–Crippen MR) is 126 cm³/mol. The third kappa shape index (κ3) is 8.76. The van der Waals surface area contributed by atoms with Crippen molar-refractivity contribution in [3.63, 3.8) is 0 Å². The molecule has 8 heteroatoms. The Kier molecular flexibility index (Phi) is 11.2. The fourth-order valence-electron chi connectivity index (χ4n) is 2.45. The summed E-state index contributed by atoms with van der Waals surface area (Å²) in [6, 6.07) is 11.4. The molecule has 0 aliphatic heterocycles. The molecule has 0 fully saturated rings. The molecular weight excluding hydrogens is 483 g/mol. The number of nitrogens with zero attached hydrogens (tertiary/aromatic N) is 1. The summed E-state index contributed by atoms with van der Waals surface area (Å²) in [4.78, 5) is 16.0. The summed E-state index contributed by atoms with van der Waals surface area (Å²) in [5, 5.41) is 9.30. The van der Waals surface area contributed by atoms with Crippen LogP contribution in [0.2, 0.25) is 0 Å². The number of hydrogen-bond acceptors (Lipinski definition) is 4. The molecule has 0 saturated heterocycles. The molecule has 1 unspecified atom stereocenters. The predicted octanol–water partition coefficient (Wildman–Crippen LogP) is 3.59. The Bertz CT molecular complexity index is 746. The van der Waals surface area contributed by atoms with Gasteiger partial charge in [0.2, 0.25) is 0 Å². The lowest BCUT2D eigenvalue weighted by molar-refractivity contribution is 0.0926. The van der Waals surface area contributed by atoms with Crippen molar-refractivity contribution in [3.8, 4) is 5.75 Å². The molecule has 0 aliphatic carbocycles. The van der Waals surface area contributed by atoms with E-state index < -0.39 is 0 Å². The van der Waals surface area contributed by atoms with E-state index in [9.17, 15) is 4.79 Å². The van der Waals surface area contributed by atoms with Crippen LogP contribution in [0.1, 0.15) is 42.9 Å². The maximum Gasteiger partial charge on any atom is 0.287 e. The summed E-state index contributed by atoms with van der Waals surface area (Å²) < 4.78 is 10.8. The quantitative estimate of drug-likeness (QED) is 0.206. The Balaban J connectivity index is 0.00000420. The number of ether oxygens (including phenoxy) is 1. The first-order chi connectivity index (χ1) is 13.5. The maximum absolute atomic E-state index is 11.8. The smallest absolute Gasteiger partial charge is 0.287 e. The number of halogens is 1. The Labute approximate surface area is 189 Å². The molecule has 1 atom stereocenters. The van der Waals surface area contributed by atoms with Gasteiger partial charge in [0.25, 0.3) is 5.91 Å². The van der Waals surface area contributed by atoms with E-state index in [-0.39, 0.29) is 35.9 Å². The van der Waals surface area contributed by atoms with Crippen molar-refractivity contribution in [3.05, 3.63) is 54.0 Å². The van der Waals surface area contributed by atoms with Crippen LogP contribution < -0.4 is 20.7 Å². The van der Waals surface area contributed by atoms with Crippen molar-refractivity contribution in [1.29, 1.82) is 0 Å². The van der Waals surface area contributed by atoms with Gasteiger partial charge in [0.05, 0.1) is 18.9 Å². The van der Waals surface area contributed by atoms with Crippen LogP contribution in [-0.2, 0) is 0 Å². The minimum absolute atomic E-state index is 0. The van der Waals surface area contributed by atoms with E-state index in [1.165, 1.54) is 6.26 Å². The van der Waals surface area contributed by atoms with Gasteiger partial charge in [-0.25, -0.2) is 0 Å². The van der Waals surface area contributed by atoms with Gasteiger partial charge >= 0.3 is 0 Å². The van der Waals surface area contributed by atoms with E-state index in [4.69, 9.17) is 9.15 Å². The van der Waals surface area contributed by atoms with E-state index in [1.807, 2.05) is 24.3 Å². The number of furan rings is 1. The summed E-state index contributed by atoms with van der Waals surface area (Å²) in [6.07, 6.45) is 1.48. The van der Waals surface area contributed by atoms with Crippen molar-refractivity contribution in [2.24, 2.45) is 10.9 Å². The fourth-order valence-corrected chi connectivity index (χ4v) is 2.45. The summed E-state index contributed by atoms with van der Waals surface area (Å²) in [5.74, 6) is 2.11. The third-order valence-corrected chi connectivity index (χ3v) is 3.99. The van der Waals surface area contributed by atoms with Gasteiger partial charge in [-0.15, -0.1) is 24.0 Å². The van der Waals surface area contributed by atoms with Crippen molar-refractivity contribution in [2.45, 2.75) is 26.8 Å². The summed E-state index contributed by atoms with van der Waals surface area (Å²) in [5.41, 5.74) is 1.13. The highest BCUT2D eigenvalue weighted by atomic mass is 127. The Morgan fingerprint density at radius 2 is 1.79 bits per heavy atom. The Morgan fingerprint density at radius 1 is 1.10 bits per heavy atom. The number of aliphatic imine (C=N–C) groups is 1. The number of benzene rings is 1. The average Bonchev–Trinajstić information content (AvgIpc) is 3.23. The van der Waals surface area contributed by atoms with Gasteiger partial charge in [-0.05, 0) is 42.7 Å². The average molecular weight is 514 g/mol. The highest BCUT2D eigenvalue weighted by Gasteiger charge is 2.09. The molecule has 3 N–H and O–H groups in total. The molecule has 2 aromatic rings. The number of rotatable bonds is 9. The first-order valence-electron chi connectivity index (χ1n) is 9.51. The second-order valence-electron chi connectivity index (χ2n) is 6.87. The fraction of sp³-hybridized carbons (Fsp3) is 0.429. The highest BCUT2D eigenvalue weighted by Crippen LogP contribution is 2.18. The molecule has 1 heterocycles. The van der Waals surface area contributed by atoms with E-state index in [0.717, 1.165) is 11.3 Å². The van der Waals surface area contributed by atoms with Crippen molar-refractivity contribution in [2.75, 3.05) is 26.7 Å². The van der Waals surface area contributed by atoms with Gasteiger partial charge < -0.3 is 25.1 Å². The van der Waals surface area contributed by atoms with E-state index >= 15 is 0 Å². The molecule has 0 bridgehead atoms. The third-order valence-electron chi connectivity index (χ3n) is 3.99. The van der Waals surface area contributed by atoms with Crippen molar-refractivity contribution < 1.29 is 13.9 Å². The van der Waals surface area contributed by atoms with Gasteiger partial charge in [0.15, 0.2) is 11.7 Å². The normalized spacial score (nSPS) is 12.1. The van der Waals surface area contributed by atoms with E-state index in [1.54, 1.807) is 19.2 Å². The van der Waals surface area contributed by atoms with Gasteiger partial charge in [-0.2, -0.15) is 0 Å². The van der Waals surface area contributed by atoms with Crippen LogP contribution in [0, 0.1) is 5.92 Å². The van der Waals surface area contributed by atoms with Crippen LogP contribution in [0.25, 0.3) is 0 Å². The number of carbonyl (C=O) groups excluding carboxylic acids is 1. The molecule has 0 radical (unpaired) electrons. The molecular formula is C21H31IN4O3. The highest BCUT2D eigenvalue weighted by molar-refractivity contribution is 14.0. The molecule has 0 saturated carbocycles. The minimum Gasteiger partial charge on any atom is -0.493 e. The SMILES string of the molecule is CN=C(NCCNC(=O)c1ccco1)NC(C)c1ccc(OCC(C)C)cc1.I. The van der Waals surface area contributed by atoms with Crippen LogP contribution >= 0.6 is 24.0 Å². The largest absolute Gasteiger partial charge is 0.493 e. The van der Waals surface area contributed by atoms with Crippen molar-refractivity contribution in [1.82, 2.24) is 16.0 Å². The number of carbonyl (C=O) groups is 1. The molecule has 1 aromatic carbocycles. The van der Waals surface area contributed by atoms with Crippen LogP contribution in [0.15, 0.2) is 52.1 Å². The van der Waals surface area contributed by atoms with Crippen LogP contribution in [0.3, 0.4) is 0 Å². The molecule has 7 nitrogen and oxygen atoms in total. The lowest BCUT2D eigenvalue weighted by Gasteiger charge is -2.19. The summed E-state index contributed by atoms with van der Waals surface area (Å²) in [6.45, 7) is 8.02. The zero-order valence-electron chi connectivity index (χ0n) is 17.4. The zero-order chi connectivity index (χ0) is 20.4. The standard InChI is InChI=1S/C21H30N4O3.HI/c1-15(2)14-28-18-9-7-17(8-10-18)16(3)25-21(22-4)24-12-11-23-20(26)19-6-5-13-27-19;/h5-10,13,15-16H,11-12,14H2,1-4H3,(H,23,26)(H2,22,24,25);1H. The molecule has 1 amide bonds. The Morgan fingerprint density at radius 3 is 2.38 bits per heavy atom. The number of amides is 1. The maximum atomic E-state index is 11.8. The van der Waals surface area contributed by atoms with E-state index in [0.29, 0.717) is 37.3 Å². The summed E-state index contributed by atoms with van der Waals surface area (Å²) >= 11 is 0. The molecule has 1 aromatic heterocycles. The van der Waals surface area contributed by atoms with Crippen LogP contribution in [0.4, 0.5) is 0 Å². The number of hydrogen-bond donors (Lipinski definition) is 3. The van der Waals surface area contributed by atoms with E-state index in [2.05, 4.69) is 41.7 Å². The second kappa shape index (κ2) is 13.1. The molecule has 29 heavy (non-hydrogen) atoms. The lowest BCUT2D eigenvalue weighted by atomic mass is 10.1. The Hall–Kier alpha value is -2.23. The summed E-state index contributed by atoms with van der Waals surface area (Å²) in [7, 11) is 1.71. The van der Waals surface area contributed by atoms with Gasteiger partial charge in [-0.1, -0.05) is 26.0 Å². The molecule has 160 valence electrons. The van der Waals surface area contributed by atoms with Crippen molar-refractivity contribution >= 4 is 35.8 Å². The number of guanidine groups is 1. The molecule has 0 aliphatic rings. The monoisotopic (exact) mass is 514 g/mol. The van der Waals surface area contributed by atoms with Gasteiger partial charge in [0, 0.05) is 20.1 Å². The first kappa shape index (κ1) is 24.8. The van der Waals surface area contributed by atoms with Gasteiger partial charge in [0.1, 0.15) is 5.75 Å². The second-order valence-corrected chi connectivity index (χ2v) is 6.87. The lowest BCUT2D eigenvalue weighted by Crippen LogP contribution is -2.42. The van der Waals surface area contributed by atoms with Crippen LogP contribution in [-0.4, -0.2) is 38.6 Å². The minimum atomic E-state index is -0.233. The first-order valence-corrected chi connectivity index (χ1v) is 9.51. The molecule has 0 spiro atoms. The number of nitrogens with one attached hydrogen (secondary N) is 3.